The van der Waals surface area contributed by atoms with E-state index in [0.717, 1.165) is 55.8 Å². The number of nitrogens with zero attached hydrogens (tertiary/aromatic N) is 1. The first-order valence-electron chi connectivity index (χ1n) is 8.89. The van der Waals surface area contributed by atoms with E-state index >= 15 is 0 Å². The fraction of sp³-hybridized carbons (Fsp3) is 0.632. The van der Waals surface area contributed by atoms with Crippen molar-refractivity contribution in [3.8, 4) is 5.75 Å². The lowest BCUT2D eigenvalue weighted by atomic mass is 9.77. The molecule has 1 spiro atoms. The summed E-state index contributed by atoms with van der Waals surface area (Å²) in [6.45, 7) is 3.96. The molecule has 2 fully saturated rings. The Hall–Kier alpha value is -1.63. The molecule has 6 nitrogen and oxygen atoms in total. The van der Waals surface area contributed by atoms with Crippen LogP contribution < -0.4 is 10.1 Å². The van der Waals surface area contributed by atoms with E-state index in [1.54, 1.807) is 14.2 Å². The highest BCUT2D eigenvalue weighted by Crippen LogP contribution is 2.42. The molecule has 0 saturated carbocycles. The van der Waals surface area contributed by atoms with Crippen LogP contribution in [0.3, 0.4) is 0 Å². The van der Waals surface area contributed by atoms with Crippen molar-refractivity contribution < 1.29 is 19.4 Å². The predicted molar refractivity (Wildman–Crippen MR) is 94.7 cm³/mol. The minimum Gasteiger partial charge on any atom is -0.496 e. The van der Waals surface area contributed by atoms with Gasteiger partial charge in [0, 0.05) is 25.8 Å². The number of ether oxygens (including phenoxy) is 2. The molecule has 3 rings (SSSR count). The quantitative estimate of drug-likeness (QED) is 0.818. The average Bonchev–Trinajstić information content (AvgIpc) is 2.94. The van der Waals surface area contributed by atoms with Gasteiger partial charge < -0.3 is 19.9 Å². The van der Waals surface area contributed by atoms with Crippen LogP contribution in [0.4, 0.5) is 0 Å². The third-order valence-electron chi connectivity index (χ3n) is 5.59. The molecule has 1 aromatic carbocycles. The number of carboxylic acids is 1. The Morgan fingerprint density at radius 3 is 2.76 bits per heavy atom. The van der Waals surface area contributed by atoms with Crippen molar-refractivity contribution in [2.75, 3.05) is 33.9 Å². The largest absolute Gasteiger partial charge is 0.496 e. The molecule has 0 radical (unpaired) electrons. The summed E-state index contributed by atoms with van der Waals surface area (Å²) in [4.78, 5) is 13.9. The molecule has 2 saturated heterocycles. The number of aliphatic carboxylic acids is 1. The smallest absolute Gasteiger partial charge is 0.320 e. The maximum absolute atomic E-state index is 11.8. The van der Waals surface area contributed by atoms with Crippen molar-refractivity contribution in [2.45, 2.75) is 38.5 Å². The summed E-state index contributed by atoms with van der Waals surface area (Å²) in [5.74, 6) is 0.0951. The fourth-order valence-corrected chi connectivity index (χ4v) is 4.31. The van der Waals surface area contributed by atoms with Gasteiger partial charge in [-0.2, -0.15) is 0 Å². The number of nitrogens with one attached hydrogen (secondary N) is 1. The van der Waals surface area contributed by atoms with E-state index in [1.807, 2.05) is 12.1 Å². The van der Waals surface area contributed by atoms with Crippen molar-refractivity contribution in [3.05, 3.63) is 29.3 Å². The molecule has 2 N–H and O–H groups in total. The zero-order valence-electron chi connectivity index (χ0n) is 15.1. The fourth-order valence-electron chi connectivity index (χ4n) is 4.31. The van der Waals surface area contributed by atoms with Crippen LogP contribution in [0.5, 0.6) is 5.75 Å². The van der Waals surface area contributed by atoms with Gasteiger partial charge in [0.1, 0.15) is 11.8 Å². The number of piperidine rings is 1. The molecule has 0 unspecified atom stereocenters. The standard InChI is InChI=1S/C19H28N2O4/c1-24-12-15-9-14(3-4-17(15)25-2)11-21-13-19(5-7-20-8-6-19)10-16(21)18(22)23/h3-4,9,16,20H,5-8,10-13H2,1-2H3,(H,22,23)/t16-/m1/s1. The average molecular weight is 348 g/mol. The lowest BCUT2D eigenvalue weighted by Crippen LogP contribution is -2.38. The normalized spacial score (nSPS) is 23.0. The lowest BCUT2D eigenvalue weighted by Gasteiger charge is -2.33. The first kappa shape index (κ1) is 18.2. The molecule has 0 bridgehead atoms. The van der Waals surface area contributed by atoms with Gasteiger partial charge in [0.2, 0.25) is 0 Å². The monoisotopic (exact) mass is 348 g/mol. The number of carboxylic acid groups (broad SMARTS) is 1. The van der Waals surface area contributed by atoms with Gasteiger partial charge in [-0.15, -0.1) is 0 Å². The highest BCUT2D eigenvalue weighted by Gasteiger charge is 2.46. The molecule has 0 aromatic heterocycles. The molecule has 6 heteroatoms. The lowest BCUT2D eigenvalue weighted by molar-refractivity contribution is -0.142. The first-order valence-corrected chi connectivity index (χ1v) is 8.89. The van der Waals surface area contributed by atoms with Crippen LogP contribution in [-0.2, 0) is 22.7 Å². The maximum Gasteiger partial charge on any atom is 0.320 e. The van der Waals surface area contributed by atoms with E-state index in [2.05, 4.69) is 16.3 Å². The van der Waals surface area contributed by atoms with Crippen molar-refractivity contribution in [2.24, 2.45) is 5.41 Å². The number of benzene rings is 1. The van der Waals surface area contributed by atoms with Crippen LogP contribution in [0, 0.1) is 5.41 Å². The molecule has 0 aliphatic carbocycles. The zero-order valence-corrected chi connectivity index (χ0v) is 15.1. The zero-order chi connectivity index (χ0) is 17.9. The van der Waals surface area contributed by atoms with Crippen molar-refractivity contribution in [1.82, 2.24) is 10.2 Å². The third-order valence-corrected chi connectivity index (χ3v) is 5.59. The Balaban J connectivity index is 1.78. The Kier molecular flexibility index (Phi) is 5.61. The van der Waals surface area contributed by atoms with Crippen LogP contribution >= 0.6 is 0 Å². The Labute approximate surface area is 149 Å². The summed E-state index contributed by atoms with van der Waals surface area (Å²) in [6, 6.07) is 5.63. The summed E-state index contributed by atoms with van der Waals surface area (Å²) >= 11 is 0. The molecule has 25 heavy (non-hydrogen) atoms. The van der Waals surface area contributed by atoms with E-state index in [-0.39, 0.29) is 5.41 Å². The second-order valence-corrected chi connectivity index (χ2v) is 7.29. The van der Waals surface area contributed by atoms with Crippen LogP contribution in [-0.4, -0.2) is 55.9 Å². The first-order chi connectivity index (χ1) is 12.1. The highest BCUT2D eigenvalue weighted by molar-refractivity contribution is 5.74. The number of rotatable bonds is 6. The molecule has 0 amide bonds. The summed E-state index contributed by atoms with van der Waals surface area (Å²) < 4.78 is 10.6. The molecular weight excluding hydrogens is 320 g/mol. The van der Waals surface area contributed by atoms with Gasteiger partial charge in [0.05, 0.1) is 13.7 Å². The second kappa shape index (κ2) is 7.72. The van der Waals surface area contributed by atoms with E-state index in [1.165, 1.54) is 0 Å². The molecule has 2 aliphatic heterocycles. The van der Waals surface area contributed by atoms with Gasteiger partial charge >= 0.3 is 5.97 Å². The number of methoxy groups -OCH3 is 2. The van der Waals surface area contributed by atoms with Gasteiger partial charge in [-0.3, -0.25) is 9.69 Å². The summed E-state index contributed by atoms with van der Waals surface area (Å²) in [7, 11) is 3.31. The van der Waals surface area contributed by atoms with Gasteiger partial charge in [-0.25, -0.2) is 0 Å². The van der Waals surface area contributed by atoms with Gasteiger partial charge in [-0.1, -0.05) is 6.07 Å². The van der Waals surface area contributed by atoms with Crippen molar-refractivity contribution >= 4 is 5.97 Å². The van der Waals surface area contributed by atoms with Gasteiger partial charge in [-0.05, 0) is 55.5 Å². The van der Waals surface area contributed by atoms with Crippen LogP contribution in [0.1, 0.15) is 30.4 Å². The van der Waals surface area contributed by atoms with Crippen molar-refractivity contribution in [3.63, 3.8) is 0 Å². The topological polar surface area (TPSA) is 71.0 Å². The number of carbonyl (C=O) groups is 1. The molecule has 138 valence electrons. The number of hydrogen-bond donors (Lipinski definition) is 2. The van der Waals surface area contributed by atoms with E-state index < -0.39 is 12.0 Å². The summed E-state index contributed by atoms with van der Waals surface area (Å²) in [6.07, 6.45) is 2.88. The van der Waals surface area contributed by atoms with Gasteiger partial charge in [0.25, 0.3) is 0 Å². The minimum absolute atomic E-state index is 0.149. The maximum atomic E-state index is 11.8. The van der Waals surface area contributed by atoms with Crippen molar-refractivity contribution in [1.29, 1.82) is 0 Å². The number of likely N-dealkylation sites (tertiary alicyclic amines) is 1. The molecule has 2 heterocycles. The SMILES string of the molecule is COCc1cc(CN2CC3(CCNCC3)C[C@@H]2C(=O)O)ccc1OC. The van der Waals surface area contributed by atoms with E-state index in [4.69, 9.17) is 9.47 Å². The highest BCUT2D eigenvalue weighted by atomic mass is 16.5. The minimum atomic E-state index is -0.707. The van der Waals surface area contributed by atoms with E-state index in [9.17, 15) is 9.90 Å². The Morgan fingerprint density at radius 1 is 1.36 bits per heavy atom. The molecule has 2 aliphatic rings. The predicted octanol–water partition coefficient (Wildman–Crippen LogP) is 1.87. The Bertz CT molecular complexity index is 613. The Morgan fingerprint density at radius 2 is 2.12 bits per heavy atom. The second-order valence-electron chi connectivity index (χ2n) is 7.29. The van der Waals surface area contributed by atoms with Crippen LogP contribution in [0.2, 0.25) is 0 Å². The van der Waals surface area contributed by atoms with E-state index in [0.29, 0.717) is 13.2 Å². The van der Waals surface area contributed by atoms with Crippen LogP contribution in [0.25, 0.3) is 0 Å². The number of hydrogen-bond acceptors (Lipinski definition) is 5. The third kappa shape index (κ3) is 3.97. The molecule has 1 atom stereocenters. The summed E-state index contributed by atoms with van der Waals surface area (Å²) in [5.41, 5.74) is 2.24. The summed E-state index contributed by atoms with van der Waals surface area (Å²) in [5, 5.41) is 13.1. The molecular formula is C19H28N2O4. The van der Waals surface area contributed by atoms with Gasteiger partial charge in [0.15, 0.2) is 0 Å². The molecule has 1 aromatic rings. The van der Waals surface area contributed by atoms with Crippen LogP contribution in [0.15, 0.2) is 18.2 Å².